The molecule has 2 amide bonds. The number of halogens is 2. The van der Waals surface area contributed by atoms with Gasteiger partial charge in [0, 0.05) is 37.1 Å². The molecule has 3 rings (SSSR count). The third-order valence-electron chi connectivity index (χ3n) is 5.25. The lowest BCUT2D eigenvalue weighted by molar-refractivity contribution is -0.133. The lowest BCUT2D eigenvalue weighted by Crippen LogP contribution is -2.44. The summed E-state index contributed by atoms with van der Waals surface area (Å²) in [6.45, 7) is 3.23. The van der Waals surface area contributed by atoms with E-state index in [-0.39, 0.29) is 24.4 Å². The van der Waals surface area contributed by atoms with Crippen LogP contribution in [0.1, 0.15) is 48.7 Å². The highest BCUT2D eigenvalue weighted by Gasteiger charge is 2.34. The van der Waals surface area contributed by atoms with Gasteiger partial charge in [-0.15, -0.1) is 0 Å². The van der Waals surface area contributed by atoms with Crippen molar-refractivity contribution in [2.45, 2.75) is 45.2 Å². The first-order valence-electron chi connectivity index (χ1n) is 10.0. The molecular formula is C22H27Cl2N3O2. The van der Waals surface area contributed by atoms with Gasteiger partial charge in [0.2, 0.25) is 5.91 Å². The fraction of sp³-hybridized carbons (Fsp3) is 0.455. The minimum atomic E-state index is -0.194. The highest BCUT2D eigenvalue weighted by molar-refractivity contribution is 6.42. The number of amides is 2. The summed E-state index contributed by atoms with van der Waals surface area (Å²) in [7, 11) is 1.98. The molecule has 1 fully saturated rings. The average Bonchev–Trinajstić information content (AvgIpc) is 3.46. The standard InChI is InChI=1S/C22H27Cl2N3O2/c1-3-4-12-26(22(29)16-7-10-19(23)20(24)13-16)15-21(28)27(17-8-9-17)14-18-6-5-11-25(18)2/h5-7,10-11,13,17H,3-4,8-9,12,14-15H2,1-2H3. The number of aromatic nitrogens is 1. The van der Waals surface area contributed by atoms with Crippen LogP contribution in [0.2, 0.25) is 10.0 Å². The van der Waals surface area contributed by atoms with E-state index >= 15 is 0 Å². The van der Waals surface area contributed by atoms with Crippen molar-refractivity contribution in [3.05, 3.63) is 57.8 Å². The molecule has 0 atom stereocenters. The molecule has 156 valence electrons. The molecule has 0 unspecified atom stereocenters. The number of nitrogens with zero attached hydrogens (tertiary/aromatic N) is 3. The van der Waals surface area contributed by atoms with E-state index in [4.69, 9.17) is 23.2 Å². The van der Waals surface area contributed by atoms with Crippen LogP contribution in [0.3, 0.4) is 0 Å². The quantitative estimate of drug-likeness (QED) is 0.569. The molecule has 0 radical (unpaired) electrons. The molecule has 5 nitrogen and oxygen atoms in total. The maximum atomic E-state index is 13.2. The van der Waals surface area contributed by atoms with Crippen molar-refractivity contribution in [2.75, 3.05) is 13.1 Å². The van der Waals surface area contributed by atoms with Crippen molar-refractivity contribution in [1.29, 1.82) is 0 Å². The lowest BCUT2D eigenvalue weighted by atomic mass is 10.2. The van der Waals surface area contributed by atoms with Gasteiger partial charge < -0.3 is 14.4 Å². The predicted molar refractivity (Wildman–Crippen MR) is 116 cm³/mol. The van der Waals surface area contributed by atoms with Crippen LogP contribution in [0, 0.1) is 0 Å². The van der Waals surface area contributed by atoms with Gasteiger partial charge in [-0.3, -0.25) is 9.59 Å². The second-order valence-corrected chi connectivity index (χ2v) is 8.39. The summed E-state index contributed by atoms with van der Waals surface area (Å²) in [6, 6.07) is 9.11. The first-order valence-corrected chi connectivity index (χ1v) is 10.8. The molecule has 1 aromatic heterocycles. The Bertz CT molecular complexity index is 877. The minimum Gasteiger partial charge on any atom is -0.353 e. The number of carbonyl (C=O) groups is 2. The largest absolute Gasteiger partial charge is 0.353 e. The fourth-order valence-electron chi connectivity index (χ4n) is 3.31. The van der Waals surface area contributed by atoms with E-state index in [0.717, 1.165) is 31.4 Å². The minimum absolute atomic E-state index is 0.0155. The van der Waals surface area contributed by atoms with Crippen LogP contribution in [0.5, 0.6) is 0 Å². The van der Waals surface area contributed by atoms with Crippen molar-refractivity contribution < 1.29 is 9.59 Å². The third kappa shape index (κ3) is 5.55. The van der Waals surface area contributed by atoms with Crippen LogP contribution in [-0.2, 0) is 18.4 Å². The first-order chi connectivity index (χ1) is 13.9. The molecule has 1 aromatic carbocycles. The van der Waals surface area contributed by atoms with Crippen molar-refractivity contribution in [3.63, 3.8) is 0 Å². The number of benzene rings is 1. The number of carbonyl (C=O) groups excluding carboxylic acids is 2. The fourth-order valence-corrected chi connectivity index (χ4v) is 3.61. The zero-order chi connectivity index (χ0) is 21.0. The zero-order valence-electron chi connectivity index (χ0n) is 16.9. The SMILES string of the molecule is CCCCN(CC(=O)N(Cc1cccn1C)C1CC1)C(=O)c1ccc(Cl)c(Cl)c1. The van der Waals surface area contributed by atoms with E-state index < -0.39 is 0 Å². The van der Waals surface area contributed by atoms with E-state index in [2.05, 4.69) is 6.92 Å². The highest BCUT2D eigenvalue weighted by Crippen LogP contribution is 2.29. The lowest BCUT2D eigenvalue weighted by Gasteiger charge is -2.28. The van der Waals surface area contributed by atoms with Gasteiger partial charge >= 0.3 is 0 Å². The maximum Gasteiger partial charge on any atom is 0.254 e. The number of rotatable bonds is 9. The molecule has 29 heavy (non-hydrogen) atoms. The molecule has 1 saturated carbocycles. The van der Waals surface area contributed by atoms with Gasteiger partial charge in [-0.2, -0.15) is 0 Å². The average molecular weight is 436 g/mol. The Balaban J connectivity index is 1.75. The molecule has 2 aromatic rings. The van der Waals surface area contributed by atoms with Gasteiger partial charge in [0.1, 0.15) is 6.54 Å². The number of unbranched alkanes of at least 4 members (excludes halogenated alkanes) is 1. The summed E-state index contributed by atoms with van der Waals surface area (Å²) in [5.41, 5.74) is 1.53. The van der Waals surface area contributed by atoms with Crippen molar-refractivity contribution in [2.24, 2.45) is 7.05 Å². The number of hydrogen-bond donors (Lipinski definition) is 0. The molecule has 0 aliphatic heterocycles. The highest BCUT2D eigenvalue weighted by atomic mass is 35.5. The molecule has 1 aliphatic carbocycles. The van der Waals surface area contributed by atoms with E-state index in [1.165, 1.54) is 0 Å². The molecule has 0 saturated heterocycles. The monoisotopic (exact) mass is 435 g/mol. The second-order valence-electron chi connectivity index (χ2n) is 7.57. The normalized spacial score (nSPS) is 13.4. The van der Waals surface area contributed by atoms with Gasteiger partial charge in [0.05, 0.1) is 16.6 Å². The van der Waals surface area contributed by atoms with Crippen LogP contribution in [0.15, 0.2) is 36.5 Å². The summed E-state index contributed by atoms with van der Waals surface area (Å²) in [5.74, 6) is -0.210. The summed E-state index contributed by atoms with van der Waals surface area (Å²) in [5, 5.41) is 0.740. The third-order valence-corrected chi connectivity index (χ3v) is 5.99. The van der Waals surface area contributed by atoms with E-state index in [1.54, 1.807) is 23.1 Å². The Hall–Kier alpha value is -1.98. The van der Waals surface area contributed by atoms with Gasteiger partial charge in [0.25, 0.3) is 5.91 Å². The van der Waals surface area contributed by atoms with Crippen molar-refractivity contribution >= 4 is 35.0 Å². The molecule has 1 aliphatic rings. The molecule has 0 N–H and O–H groups in total. The van der Waals surface area contributed by atoms with Crippen LogP contribution in [-0.4, -0.2) is 45.3 Å². The molecule has 0 bridgehead atoms. The summed E-state index contributed by atoms with van der Waals surface area (Å²) >= 11 is 12.1. The van der Waals surface area contributed by atoms with E-state index in [0.29, 0.717) is 28.7 Å². The summed E-state index contributed by atoms with van der Waals surface area (Å²) < 4.78 is 2.03. The Morgan fingerprint density at radius 2 is 1.93 bits per heavy atom. The number of aryl methyl sites for hydroxylation is 1. The van der Waals surface area contributed by atoms with Gasteiger partial charge in [-0.25, -0.2) is 0 Å². The van der Waals surface area contributed by atoms with Crippen molar-refractivity contribution in [1.82, 2.24) is 14.4 Å². The van der Waals surface area contributed by atoms with Gasteiger partial charge in [-0.05, 0) is 49.6 Å². The second kappa shape index (κ2) is 9.68. The first kappa shape index (κ1) is 21.7. The van der Waals surface area contributed by atoms with Crippen molar-refractivity contribution in [3.8, 4) is 0 Å². The topological polar surface area (TPSA) is 45.6 Å². The number of hydrogen-bond acceptors (Lipinski definition) is 2. The predicted octanol–water partition coefficient (Wildman–Crippen LogP) is 4.77. The van der Waals surface area contributed by atoms with E-state index in [9.17, 15) is 9.59 Å². The molecule has 1 heterocycles. The van der Waals surface area contributed by atoms with Crippen LogP contribution in [0.25, 0.3) is 0 Å². The Morgan fingerprint density at radius 1 is 1.17 bits per heavy atom. The van der Waals surface area contributed by atoms with Crippen LogP contribution in [0.4, 0.5) is 0 Å². The Kier molecular flexibility index (Phi) is 7.25. The molecule has 0 spiro atoms. The Morgan fingerprint density at radius 3 is 2.52 bits per heavy atom. The molecule has 7 heteroatoms. The summed E-state index contributed by atoms with van der Waals surface area (Å²) in [4.78, 5) is 29.8. The van der Waals surface area contributed by atoms with Crippen LogP contribution < -0.4 is 0 Å². The van der Waals surface area contributed by atoms with Gasteiger partial charge in [0.15, 0.2) is 0 Å². The van der Waals surface area contributed by atoms with Crippen LogP contribution >= 0.6 is 23.2 Å². The zero-order valence-corrected chi connectivity index (χ0v) is 18.4. The smallest absolute Gasteiger partial charge is 0.254 e. The molecular weight excluding hydrogens is 409 g/mol. The summed E-state index contributed by atoms with van der Waals surface area (Å²) in [6.07, 6.45) is 5.79. The van der Waals surface area contributed by atoms with E-state index in [1.807, 2.05) is 34.8 Å². The Labute approximate surface area is 182 Å². The maximum absolute atomic E-state index is 13.2. The van der Waals surface area contributed by atoms with Gasteiger partial charge in [-0.1, -0.05) is 36.5 Å².